The standard InChI is InChI=1S/C17H21NO/c1-2-7-17(18)15-10-6-11-16(12-15)19-13-14-8-4-3-5-9-14/h3-6,8-12,17H,2,7,13,18H2,1H3. The van der Waals surface area contributed by atoms with Crippen molar-refractivity contribution in [3.05, 3.63) is 65.7 Å². The van der Waals surface area contributed by atoms with Gasteiger partial charge in [-0.1, -0.05) is 55.8 Å². The van der Waals surface area contributed by atoms with E-state index in [2.05, 4.69) is 25.1 Å². The molecule has 19 heavy (non-hydrogen) atoms. The molecule has 100 valence electrons. The molecule has 2 aromatic rings. The zero-order chi connectivity index (χ0) is 13.5. The van der Waals surface area contributed by atoms with Gasteiger partial charge in [-0.2, -0.15) is 0 Å². The van der Waals surface area contributed by atoms with Crippen LogP contribution in [-0.4, -0.2) is 0 Å². The van der Waals surface area contributed by atoms with Crippen LogP contribution in [0.1, 0.15) is 36.9 Å². The summed E-state index contributed by atoms with van der Waals surface area (Å²) in [5, 5.41) is 0. The van der Waals surface area contributed by atoms with Crippen LogP contribution in [0.2, 0.25) is 0 Å². The van der Waals surface area contributed by atoms with E-state index in [1.807, 2.05) is 36.4 Å². The van der Waals surface area contributed by atoms with Crippen LogP contribution >= 0.6 is 0 Å². The molecule has 0 aliphatic rings. The first-order chi connectivity index (χ1) is 9.29. The molecule has 0 aliphatic heterocycles. The summed E-state index contributed by atoms with van der Waals surface area (Å²) in [6.07, 6.45) is 2.10. The Labute approximate surface area is 115 Å². The number of nitrogens with two attached hydrogens (primary N) is 1. The maximum Gasteiger partial charge on any atom is 0.120 e. The van der Waals surface area contributed by atoms with E-state index >= 15 is 0 Å². The maximum atomic E-state index is 6.13. The van der Waals surface area contributed by atoms with Crippen LogP contribution in [0.25, 0.3) is 0 Å². The number of ether oxygens (including phenoxy) is 1. The van der Waals surface area contributed by atoms with Crippen molar-refractivity contribution < 1.29 is 4.74 Å². The predicted octanol–water partition coefficient (Wildman–Crippen LogP) is 4.07. The molecule has 2 nitrogen and oxygen atoms in total. The Hall–Kier alpha value is -1.80. The summed E-state index contributed by atoms with van der Waals surface area (Å²) in [5.41, 5.74) is 8.44. The van der Waals surface area contributed by atoms with E-state index in [0.29, 0.717) is 6.61 Å². The summed E-state index contributed by atoms with van der Waals surface area (Å²) >= 11 is 0. The lowest BCUT2D eigenvalue weighted by Crippen LogP contribution is -2.09. The summed E-state index contributed by atoms with van der Waals surface area (Å²) in [6, 6.07) is 18.4. The lowest BCUT2D eigenvalue weighted by Gasteiger charge is -2.13. The molecule has 0 aromatic heterocycles. The number of benzene rings is 2. The van der Waals surface area contributed by atoms with Crippen LogP contribution in [0.15, 0.2) is 54.6 Å². The Kier molecular flexibility index (Phi) is 4.99. The van der Waals surface area contributed by atoms with Crippen LogP contribution in [-0.2, 0) is 6.61 Å². The van der Waals surface area contributed by atoms with Crippen LogP contribution in [0.4, 0.5) is 0 Å². The van der Waals surface area contributed by atoms with Gasteiger partial charge in [0.2, 0.25) is 0 Å². The minimum Gasteiger partial charge on any atom is -0.489 e. The van der Waals surface area contributed by atoms with Crippen molar-refractivity contribution >= 4 is 0 Å². The summed E-state index contributed by atoms with van der Waals surface area (Å²) < 4.78 is 5.81. The van der Waals surface area contributed by atoms with Crippen molar-refractivity contribution in [1.29, 1.82) is 0 Å². The molecule has 2 N–H and O–H groups in total. The lowest BCUT2D eigenvalue weighted by molar-refractivity contribution is 0.305. The zero-order valence-electron chi connectivity index (χ0n) is 11.4. The second kappa shape index (κ2) is 6.95. The summed E-state index contributed by atoms with van der Waals surface area (Å²) in [5.74, 6) is 0.882. The highest BCUT2D eigenvalue weighted by molar-refractivity contribution is 5.30. The van der Waals surface area contributed by atoms with Gasteiger partial charge in [0.15, 0.2) is 0 Å². The Morgan fingerprint density at radius 2 is 1.84 bits per heavy atom. The van der Waals surface area contributed by atoms with Gasteiger partial charge in [0.05, 0.1) is 0 Å². The molecule has 0 amide bonds. The third kappa shape index (κ3) is 4.11. The van der Waals surface area contributed by atoms with Gasteiger partial charge in [-0.15, -0.1) is 0 Å². The van der Waals surface area contributed by atoms with E-state index in [4.69, 9.17) is 10.5 Å². The normalized spacial score (nSPS) is 12.1. The van der Waals surface area contributed by atoms with Crippen molar-refractivity contribution in [3.63, 3.8) is 0 Å². The largest absolute Gasteiger partial charge is 0.489 e. The van der Waals surface area contributed by atoms with Crippen molar-refractivity contribution in [2.45, 2.75) is 32.4 Å². The van der Waals surface area contributed by atoms with E-state index in [-0.39, 0.29) is 6.04 Å². The molecule has 2 heteroatoms. The first-order valence-corrected chi connectivity index (χ1v) is 6.82. The van der Waals surface area contributed by atoms with Crippen LogP contribution < -0.4 is 10.5 Å². The fraction of sp³-hybridized carbons (Fsp3) is 0.294. The van der Waals surface area contributed by atoms with Gasteiger partial charge in [-0.05, 0) is 29.7 Å². The molecule has 0 bridgehead atoms. The summed E-state index contributed by atoms with van der Waals surface area (Å²) in [6.45, 7) is 2.74. The Morgan fingerprint density at radius 3 is 2.58 bits per heavy atom. The van der Waals surface area contributed by atoms with Crippen LogP contribution in [0.3, 0.4) is 0 Å². The fourth-order valence-corrected chi connectivity index (χ4v) is 2.05. The molecule has 0 heterocycles. The molecule has 1 unspecified atom stereocenters. The molecule has 0 radical (unpaired) electrons. The van der Waals surface area contributed by atoms with E-state index in [1.54, 1.807) is 0 Å². The van der Waals surface area contributed by atoms with E-state index in [0.717, 1.165) is 24.2 Å². The van der Waals surface area contributed by atoms with Gasteiger partial charge in [-0.25, -0.2) is 0 Å². The number of rotatable bonds is 6. The van der Waals surface area contributed by atoms with Crippen molar-refractivity contribution in [3.8, 4) is 5.75 Å². The molecule has 0 saturated heterocycles. The fourth-order valence-electron chi connectivity index (χ4n) is 2.05. The molecule has 0 aliphatic carbocycles. The molecule has 1 atom stereocenters. The lowest BCUT2D eigenvalue weighted by atomic mass is 10.0. The Morgan fingerprint density at radius 1 is 1.05 bits per heavy atom. The monoisotopic (exact) mass is 255 g/mol. The van der Waals surface area contributed by atoms with Gasteiger partial charge >= 0.3 is 0 Å². The van der Waals surface area contributed by atoms with Gasteiger partial charge < -0.3 is 10.5 Å². The van der Waals surface area contributed by atoms with Crippen molar-refractivity contribution in [2.75, 3.05) is 0 Å². The highest BCUT2D eigenvalue weighted by Crippen LogP contribution is 2.21. The molecule has 0 spiro atoms. The molecular formula is C17H21NO. The average molecular weight is 255 g/mol. The maximum absolute atomic E-state index is 6.13. The second-order valence-electron chi connectivity index (χ2n) is 4.74. The van der Waals surface area contributed by atoms with E-state index in [1.165, 1.54) is 5.56 Å². The second-order valence-corrected chi connectivity index (χ2v) is 4.74. The summed E-state index contributed by atoms with van der Waals surface area (Å²) in [4.78, 5) is 0. The topological polar surface area (TPSA) is 35.2 Å². The molecule has 0 saturated carbocycles. The first-order valence-electron chi connectivity index (χ1n) is 6.82. The minimum atomic E-state index is 0.102. The smallest absolute Gasteiger partial charge is 0.120 e. The first kappa shape index (κ1) is 13.6. The highest BCUT2D eigenvalue weighted by Gasteiger charge is 2.05. The van der Waals surface area contributed by atoms with Crippen molar-refractivity contribution in [2.24, 2.45) is 5.73 Å². The minimum absolute atomic E-state index is 0.102. The predicted molar refractivity (Wildman–Crippen MR) is 79.1 cm³/mol. The van der Waals surface area contributed by atoms with Gasteiger partial charge in [0, 0.05) is 6.04 Å². The molecule has 2 rings (SSSR count). The quantitative estimate of drug-likeness (QED) is 0.844. The van der Waals surface area contributed by atoms with E-state index in [9.17, 15) is 0 Å². The van der Waals surface area contributed by atoms with Gasteiger partial charge in [-0.3, -0.25) is 0 Å². The highest BCUT2D eigenvalue weighted by atomic mass is 16.5. The Balaban J connectivity index is 1.99. The average Bonchev–Trinajstić information content (AvgIpc) is 2.47. The SMILES string of the molecule is CCCC(N)c1cccc(OCc2ccccc2)c1. The van der Waals surface area contributed by atoms with Crippen LogP contribution in [0.5, 0.6) is 5.75 Å². The molecular weight excluding hydrogens is 234 g/mol. The molecule has 0 fully saturated rings. The van der Waals surface area contributed by atoms with Crippen LogP contribution in [0, 0.1) is 0 Å². The third-order valence-electron chi connectivity index (χ3n) is 3.13. The molecule has 2 aromatic carbocycles. The third-order valence-corrected chi connectivity index (χ3v) is 3.13. The van der Waals surface area contributed by atoms with Gasteiger partial charge in [0.25, 0.3) is 0 Å². The number of hydrogen-bond donors (Lipinski definition) is 1. The summed E-state index contributed by atoms with van der Waals surface area (Å²) in [7, 11) is 0. The number of hydrogen-bond acceptors (Lipinski definition) is 2. The van der Waals surface area contributed by atoms with Gasteiger partial charge in [0.1, 0.15) is 12.4 Å². The zero-order valence-corrected chi connectivity index (χ0v) is 11.4. The Bertz CT molecular complexity index is 496. The van der Waals surface area contributed by atoms with E-state index < -0.39 is 0 Å². The van der Waals surface area contributed by atoms with Crippen molar-refractivity contribution in [1.82, 2.24) is 0 Å².